The van der Waals surface area contributed by atoms with Crippen LogP contribution in [0.4, 0.5) is 13.2 Å². The molecule has 0 aliphatic rings. The highest BCUT2D eigenvalue weighted by Crippen LogP contribution is 2.32. The molecule has 0 radical (unpaired) electrons. The van der Waals surface area contributed by atoms with E-state index in [1.54, 1.807) is 10.8 Å². The number of hydrogen-bond acceptors (Lipinski definition) is 3. The van der Waals surface area contributed by atoms with Crippen LogP contribution >= 0.6 is 27.3 Å². The fraction of sp³-hybridized carbons (Fsp3) is 0.182. The van der Waals surface area contributed by atoms with Crippen LogP contribution in [0.1, 0.15) is 22.9 Å². The molecule has 0 saturated carbocycles. The van der Waals surface area contributed by atoms with Crippen LogP contribution in [0, 0.1) is 0 Å². The number of hydrogen-bond donors (Lipinski definition) is 1. The third-order valence-corrected chi connectivity index (χ3v) is 4.08. The molecule has 0 saturated heterocycles. The molecule has 0 aromatic carbocycles. The standard InChI is InChI=1S/C11H7BrF3NOS/c12-8-5-18-4-7(8)10(17)9-2-1-6(3-16-9)11(13,14)15/h1-5,10,17H. The van der Waals surface area contributed by atoms with Gasteiger partial charge in [0.2, 0.25) is 0 Å². The van der Waals surface area contributed by atoms with Crippen molar-refractivity contribution in [3.63, 3.8) is 0 Å². The van der Waals surface area contributed by atoms with Crippen molar-refractivity contribution < 1.29 is 18.3 Å². The maximum Gasteiger partial charge on any atom is 0.417 e. The first-order chi connectivity index (χ1) is 8.39. The van der Waals surface area contributed by atoms with Crippen LogP contribution in [0.25, 0.3) is 0 Å². The molecule has 1 N–H and O–H groups in total. The maximum atomic E-state index is 12.3. The van der Waals surface area contributed by atoms with Crippen LogP contribution in [0.5, 0.6) is 0 Å². The zero-order chi connectivity index (χ0) is 13.3. The zero-order valence-corrected chi connectivity index (χ0v) is 11.2. The molecule has 0 aliphatic heterocycles. The van der Waals surface area contributed by atoms with Gasteiger partial charge in [-0.25, -0.2) is 0 Å². The molecule has 2 heterocycles. The molecule has 2 aromatic rings. The molecular weight excluding hydrogens is 331 g/mol. The number of aromatic nitrogens is 1. The normalized spacial score (nSPS) is 13.6. The van der Waals surface area contributed by atoms with Crippen molar-refractivity contribution in [2.75, 3.05) is 0 Å². The topological polar surface area (TPSA) is 33.1 Å². The maximum absolute atomic E-state index is 12.3. The molecule has 96 valence electrons. The molecule has 2 aromatic heterocycles. The lowest BCUT2D eigenvalue weighted by atomic mass is 10.1. The van der Waals surface area contributed by atoms with Crippen LogP contribution < -0.4 is 0 Å². The summed E-state index contributed by atoms with van der Waals surface area (Å²) < 4.78 is 37.8. The fourth-order valence-electron chi connectivity index (χ4n) is 1.38. The summed E-state index contributed by atoms with van der Waals surface area (Å²) in [5.74, 6) is 0. The third kappa shape index (κ3) is 2.73. The minimum atomic E-state index is -4.42. The first-order valence-corrected chi connectivity index (χ1v) is 6.56. The quantitative estimate of drug-likeness (QED) is 0.898. The van der Waals surface area contributed by atoms with E-state index < -0.39 is 17.8 Å². The lowest BCUT2D eigenvalue weighted by Crippen LogP contribution is -2.08. The van der Waals surface area contributed by atoms with Crippen LogP contribution in [-0.2, 0) is 6.18 Å². The fourth-order valence-corrected chi connectivity index (χ4v) is 2.91. The van der Waals surface area contributed by atoms with Crippen LogP contribution in [0.15, 0.2) is 33.6 Å². The number of aliphatic hydroxyl groups excluding tert-OH is 1. The summed E-state index contributed by atoms with van der Waals surface area (Å²) in [6.07, 6.45) is -4.73. The molecule has 0 amide bonds. The van der Waals surface area contributed by atoms with Crippen LogP contribution in [0.2, 0.25) is 0 Å². The van der Waals surface area contributed by atoms with Gasteiger partial charge in [0.1, 0.15) is 6.10 Å². The molecule has 0 bridgehead atoms. The summed E-state index contributed by atoms with van der Waals surface area (Å²) in [7, 11) is 0. The summed E-state index contributed by atoms with van der Waals surface area (Å²) in [5, 5.41) is 13.5. The summed E-state index contributed by atoms with van der Waals surface area (Å²) in [6, 6.07) is 2.09. The lowest BCUT2D eigenvalue weighted by Gasteiger charge is -2.11. The molecule has 18 heavy (non-hydrogen) atoms. The van der Waals surface area contributed by atoms with Crippen molar-refractivity contribution in [1.82, 2.24) is 4.98 Å². The minimum Gasteiger partial charge on any atom is -0.382 e. The Kier molecular flexibility index (Phi) is 3.74. The number of rotatable bonds is 2. The van der Waals surface area contributed by atoms with Crippen LogP contribution in [0.3, 0.4) is 0 Å². The lowest BCUT2D eigenvalue weighted by molar-refractivity contribution is -0.137. The van der Waals surface area contributed by atoms with Gasteiger partial charge in [0.05, 0.1) is 11.3 Å². The molecule has 2 rings (SSSR count). The van der Waals surface area contributed by atoms with Crippen molar-refractivity contribution in [2.45, 2.75) is 12.3 Å². The average molecular weight is 338 g/mol. The molecule has 1 unspecified atom stereocenters. The number of pyridine rings is 1. The smallest absolute Gasteiger partial charge is 0.382 e. The van der Waals surface area contributed by atoms with Gasteiger partial charge in [-0.15, -0.1) is 0 Å². The number of thiophene rings is 1. The van der Waals surface area contributed by atoms with Gasteiger partial charge in [-0.2, -0.15) is 24.5 Å². The highest BCUT2D eigenvalue weighted by molar-refractivity contribution is 9.10. The van der Waals surface area contributed by atoms with E-state index in [0.717, 1.165) is 12.3 Å². The summed E-state index contributed by atoms with van der Waals surface area (Å²) >= 11 is 4.63. The molecule has 0 fully saturated rings. The zero-order valence-electron chi connectivity index (χ0n) is 8.78. The van der Waals surface area contributed by atoms with E-state index in [9.17, 15) is 18.3 Å². The Morgan fingerprint density at radius 3 is 2.44 bits per heavy atom. The van der Waals surface area contributed by atoms with E-state index >= 15 is 0 Å². The Labute approximate surface area is 113 Å². The monoisotopic (exact) mass is 337 g/mol. The van der Waals surface area contributed by atoms with Gasteiger partial charge >= 0.3 is 6.18 Å². The second kappa shape index (κ2) is 4.99. The highest BCUT2D eigenvalue weighted by atomic mass is 79.9. The van der Waals surface area contributed by atoms with E-state index in [2.05, 4.69) is 20.9 Å². The number of halogens is 4. The van der Waals surface area contributed by atoms with Crippen molar-refractivity contribution >= 4 is 27.3 Å². The Bertz CT molecular complexity index is 538. The summed E-state index contributed by atoms with van der Waals surface area (Å²) in [4.78, 5) is 3.66. The average Bonchev–Trinajstić information content (AvgIpc) is 2.73. The molecule has 0 aliphatic carbocycles. The largest absolute Gasteiger partial charge is 0.417 e. The van der Waals surface area contributed by atoms with E-state index in [1.165, 1.54) is 17.4 Å². The Morgan fingerprint density at radius 2 is 2.00 bits per heavy atom. The predicted octanol–water partition coefficient (Wildman–Crippen LogP) is 4.01. The number of aliphatic hydroxyl groups is 1. The Balaban J connectivity index is 2.28. The number of nitrogens with zero attached hydrogens (tertiary/aromatic N) is 1. The third-order valence-electron chi connectivity index (χ3n) is 2.33. The van der Waals surface area contributed by atoms with Crippen molar-refractivity contribution in [2.24, 2.45) is 0 Å². The number of alkyl halides is 3. The molecule has 2 nitrogen and oxygen atoms in total. The van der Waals surface area contributed by atoms with Gasteiger partial charge in [-0.3, -0.25) is 4.98 Å². The van der Waals surface area contributed by atoms with Gasteiger partial charge in [-0.1, -0.05) is 0 Å². The Morgan fingerprint density at radius 1 is 1.28 bits per heavy atom. The predicted molar refractivity (Wildman–Crippen MR) is 65.3 cm³/mol. The van der Waals surface area contributed by atoms with E-state index in [1.807, 2.05) is 0 Å². The minimum absolute atomic E-state index is 0.183. The molecule has 0 spiro atoms. The van der Waals surface area contributed by atoms with E-state index in [-0.39, 0.29) is 5.69 Å². The highest BCUT2D eigenvalue weighted by Gasteiger charge is 2.31. The van der Waals surface area contributed by atoms with Gasteiger partial charge in [-0.05, 0) is 33.4 Å². The molecular formula is C11H7BrF3NOS. The van der Waals surface area contributed by atoms with Gasteiger partial charge in [0.25, 0.3) is 0 Å². The van der Waals surface area contributed by atoms with Crippen LogP contribution in [-0.4, -0.2) is 10.1 Å². The van der Waals surface area contributed by atoms with Crippen molar-refractivity contribution in [3.05, 3.63) is 50.4 Å². The second-order valence-corrected chi connectivity index (χ2v) is 5.15. The molecule has 1 atom stereocenters. The molecule has 7 heteroatoms. The van der Waals surface area contributed by atoms with Crippen molar-refractivity contribution in [1.29, 1.82) is 0 Å². The van der Waals surface area contributed by atoms with Gasteiger partial charge in [0, 0.05) is 21.6 Å². The summed E-state index contributed by atoms with van der Waals surface area (Å²) in [5.41, 5.74) is -0.0582. The Hall–Kier alpha value is -0.920. The first-order valence-electron chi connectivity index (χ1n) is 4.82. The summed E-state index contributed by atoms with van der Waals surface area (Å²) in [6.45, 7) is 0. The second-order valence-electron chi connectivity index (χ2n) is 3.55. The van der Waals surface area contributed by atoms with E-state index in [4.69, 9.17) is 0 Å². The van der Waals surface area contributed by atoms with Gasteiger partial charge in [0.15, 0.2) is 0 Å². The SMILES string of the molecule is OC(c1ccc(C(F)(F)F)cn1)c1cscc1Br. The first kappa shape index (κ1) is 13.5. The van der Waals surface area contributed by atoms with Crippen molar-refractivity contribution in [3.8, 4) is 0 Å². The van der Waals surface area contributed by atoms with E-state index in [0.29, 0.717) is 10.0 Å². The van der Waals surface area contributed by atoms with Gasteiger partial charge < -0.3 is 5.11 Å².